The minimum absolute atomic E-state index is 0.115. The number of aryl methyl sites for hydroxylation is 1. The molecule has 31 heavy (non-hydrogen) atoms. The monoisotopic (exact) mass is 417 g/mol. The van der Waals surface area contributed by atoms with Crippen molar-refractivity contribution in [2.75, 3.05) is 0 Å². The molecule has 160 valence electrons. The summed E-state index contributed by atoms with van der Waals surface area (Å²) in [7, 11) is 1.89. The van der Waals surface area contributed by atoms with Crippen molar-refractivity contribution in [3.8, 4) is 28.0 Å². The Morgan fingerprint density at radius 3 is 2.32 bits per heavy atom. The van der Waals surface area contributed by atoms with Gasteiger partial charge in [-0.3, -0.25) is 9.48 Å². The number of nitrogens with zero attached hydrogens (tertiary/aromatic N) is 3. The highest BCUT2D eigenvalue weighted by atomic mass is 16.3. The van der Waals surface area contributed by atoms with E-state index in [-0.39, 0.29) is 17.7 Å². The third-order valence-corrected chi connectivity index (χ3v) is 6.45. The van der Waals surface area contributed by atoms with E-state index in [4.69, 9.17) is 0 Å². The fraction of sp³-hybridized carbons (Fsp3) is 0.360. The number of aromatic hydroxyl groups is 1. The molecule has 6 nitrogen and oxygen atoms in total. The van der Waals surface area contributed by atoms with Gasteiger partial charge in [0.2, 0.25) is 0 Å². The number of rotatable bonds is 5. The molecule has 0 saturated heterocycles. The minimum atomic E-state index is -1.000. The maximum absolute atomic E-state index is 13.5. The lowest BCUT2D eigenvalue weighted by Crippen LogP contribution is -2.51. The molecule has 3 aromatic rings. The van der Waals surface area contributed by atoms with Crippen molar-refractivity contribution in [1.82, 2.24) is 14.7 Å². The normalized spacial score (nSPS) is 17.2. The third-order valence-electron chi connectivity index (χ3n) is 6.45. The van der Waals surface area contributed by atoms with Crippen LogP contribution in [-0.4, -0.2) is 42.4 Å². The van der Waals surface area contributed by atoms with E-state index in [1.54, 1.807) is 29.5 Å². The Kier molecular flexibility index (Phi) is 4.45. The number of amides is 1. The van der Waals surface area contributed by atoms with Gasteiger partial charge in [-0.2, -0.15) is 5.10 Å². The summed E-state index contributed by atoms with van der Waals surface area (Å²) in [5.74, 6) is 0.325. The summed E-state index contributed by atoms with van der Waals surface area (Å²) in [6.07, 6.45) is 5.82. The lowest BCUT2D eigenvalue weighted by molar-refractivity contribution is -0.0224. The summed E-state index contributed by atoms with van der Waals surface area (Å²) in [5, 5.41) is 25.5. The third kappa shape index (κ3) is 3.41. The molecule has 6 heteroatoms. The van der Waals surface area contributed by atoms with Crippen LogP contribution >= 0.6 is 0 Å². The molecule has 1 unspecified atom stereocenters. The lowest BCUT2D eigenvalue weighted by Gasteiger charge is -2.37. The number of carbonyl (C=O) groups excluding carboxylic acids is 1. The van der Waals surface area contributed by atoms with Crippen molar-refractivity contribution in [2.24, 2.45) is 13.0 Å². The van der Waals surface area contributed by atoms with Gasteiger partial charge in [-0.05, 0) is 61.4 Å². The smallest absolute Gasteiger partial charge is 0.255 e. The standard InChI is InChI=1S/C25H27N3O3/c1-25(2,31)23(17-8-9-17)28-14-20-21(29)11-10-19(22(20)24(28)30)16-6-4-15(5-7-16)18-12-26-27(3)13-18/h4-7,10-13,17,23,29,31H,8-9,14H2,1-3H3. The van der Waals surface area contributed by atoms with Crippen molar-refractivity contribution in [2.45, 2.75) is 44.9 Å². The van der Waals surface area contributed by atoms with Crippen LogP contribution in [0.1, 0.15) is 42.6 Å². The lowest BCUT2D eigenvalue weighted by atomic mass is 9.92. The quantitative estimate of drug-likeness (QED) is 0.659. The fourth-order valence-electron chi connectivity index (χ4n) is 4.93. The molecule has 1 aliphatic carbocycles. The van der Waals surface area contributed by atoms with Crippen LogP contribution in [0.25, 0.3) is 22.3 Å². The van der Waals surface area contributed by atoms with Gasteiger partial charge in [-0.15, -0.1) is 0 Å². The molecular formula is C25H27N3O3. The number of aromatic nitrogens is 2. The van der Waals surface area contributed by atoms with Gasteiger partial charge in [0.25, 0.3) is 5.91 Å². The average molecular weight is 418 g/mol. The van der Waals surface area contributed by atoms with Crippen LogP contribution in [0.2, 0.25) is 0 Å². The number of benzene rings is 2. The second-order valence-corrected chi connectivity index (χ2v) is 9.33. The first-order chi connectivity index (χ1) is 14.7. The van der Waals surface area contributed by atoms with Gasteiger partial charge in [-0.1, -0.05) is 24.3 Å². The molecule has 0 spiro atoms. The van der Waals surface area contributed by atoms with E-state index in [2.05, 4.69) is 5.10 Å². The molecule has 5 rings (SSSR count). The molecule has 1 aromatic heterocycles. The van der Waals surface area contributed by atoms with Crippen LogP contribution in [0.3, 0.4) is 0 Å². The van der Waals surface area contributed by atoms with Crippen LogP contribution in [0.15, 0.2) is 48.8 Å². The van der Waals surface area contributed by atoms with E-state index in [9.17, 15) is 15.0 Å². The molecule has 1 fully saturated rings. The zero-order chi connectivity index (χ0) is 21.9. The Hall–Kier alpha value is -3.12. The summed E-state index contributed by atoms with van der Waals surface area (Å²) in [4.78, 5) is 15.3. The second-order valence-electron chi connectivity index (χ2n) is 9.33. The summed E-state index contributed by atoms with van der Waals surface area (Å²) in [6.45, 7) is 3.86. The van der Waals surface area contributed by atoms with Crippen LogP contribution in [-0.2, 0) is 13.6 Å². The van der Waals surface area contributed by atoms with E-state index >= 15 is 0 Å². The van der Waals surface area contributed by atoms with Crippen molar-refractivity contribution >= 4 is 5.91 Å². The Labute approximate surface area is 181 Å². The topological polar surface area (TPSA) is 78.6 Å². The van der Waals surface area contributed by atoms with Gasteiger partial charge in [0.15, 0.2) is 0 Å². The zero-order valence-electron chi connectivity index (χ0n) is 18.0. The highest BCUT2D eigenvalue weighted by molar-refractivity contribution is 6.05. The fourth-order valence-corrected chi connectivity index (χ4v) is 4.93. The highest BCUT2D eigenvalue weighted by Crippen LogP contribution is 2.45. The number of phenols is 1. The first-order valence-corrected chi connectivity index (χ1v) is 10.7. The van der Waals surface area contributed by atoms with Crippen molar-refractivity contribution in [1.29, 1.82) is 0 Å². The number of carbonyl (C=O) groups is 1. The molecule has 1 atom stereocenters. The van der Waals surface area contributed by atoms with Gasteiger partial charge >= 0.3 is 0 Å². The molecule has 2 aromatic carbocycles. The number of hydrogen-bond acceptors (Lipinski definition) is 4. The van der Waals surface area contributed by atoms with Gasteiger partial charge in [-0.25, -0.2) is 0 Å². The molecule has 2 N–H and O–H groups in total. The van der Waals surface area contributed by atoms with E-state index in [0.717, 1.165) is 35.1 Å². The predicted octanol–water partition coefficient (Wildman–Crippen LogP) is 3.97. The van der Waals surface area contributed by atoms with Crippen LogP contribution in [0, 0.1) is 5.92 Å². The predicted molar refractivity (Wildman–Crippen MR) is 118 cm³/mol. The SMILES string of the molecule is Cn1cc(-c2ccc(-c3ccc(O)c4c3C(=O)N(C(C3CC3)C(C)(C)O)C4)cc2)cn1. The number of hydrogen-bond donors (Lipinski definition) is 2. The maximum atomic E-state index is 13.5. The number of aliphatic hydroxyl groups is 1. The molecular weight excluding hydrogens is 390 g/mol. The van der Waals surface area contributed by atoms with E-state index in [0.29, 0.717) is 23.6 Å². The Balaban J connectivity index is 1.53. The van der Waals surface area contributed by atoms with E-state index in [1.165, 1.54) is 0 Å². The molecule has 1 saturated carbocycles. The molecule has 0 bridgehead atoms. The maximum Gasteiger partial charge on any atom is 0.255 e. The Morgan fingerprint density at radius 1 is 1.06 bits per heavy atom. The van der Waals surface area contributed by atoms with Gasteiger partial charge in [0.05, 0.1) is 29.9 Å². The van der Waals surface area contributed by atoms with Crippen molar-refractivity contribution in [3.63, 3.8) is 0 Å². The number of phenolic OH excluding ortho intramolecular Hbond substituents is 1. The van der Waals surface area contributed by atoms with Gasteiger partial charge < -0.3 is 15.1 Å². The molecule has 1 aliphatic heterocycles. The highest BCUT2D eigenvalue weighted by Gasteiger charge is 2.48. The molecule has 1 amide bonds. The van der Waals surface area contributed by atoms with Crippen molar-refractivity contribution < 1.29 is 15.0 Å². The average Bonchev–Trinajstić information content (AvgIpc) is 3.36. The summed E-state index contributed by atoms with van der Waals surface area (Å²) in [6, 6.07) is 11.3. The summed E-state index contributed by atoms with van der Waals surface area (Å²) >= 11 is 0. The Bertz CT molecular complexity index is 1150. The first kappa shape index (κ1) is 19.8. The van der Waals surface area contributed by atoms with Crippen molar-refractivity contribution in [3.05, 3.63) is 59.9 Å². The molecule has 2 aliphatic rings. The van der Waals surface area contributed by atoms with Crippen LogP contribution in [0.4, 0.5) is 0 Å². The first-order valence-electron chi connectivity index (χ1n) is 10.7. The Morgan fingerprint density at radius 2 is 1.74 bits per heavy atom. The zero-order valence-corrected chi connectivity index (χ0v) is 18.0. The molecule has 0 radical (unpaired) electrons. The van der Waals surface area contributed by atoms with Crippen LogP contribution in [0.5, 0.6) is 5.75 Å². The van der Waals surface area contributed by atoms with E-state index < -0.39 is 5.60 Å². The largest absolute Gasteiger partial charge is 0.508 e. The van der Waals surface area contributed by atoms with Crippen LogP contribution < -0.4 is 0 Å². The van der Waals surface area contributed by atoms with Gasteiger partial charge in [0.1, 0.15) is 5.75 Å². The second kappa shape index (κ2) is 6.95. The van der Waals surface area contributed by atoms with Gasteiger partial charge in [0, 0.05) is 24.4 Å². The summed E-state index contributed by atoms with van der Waals surface area (Å²) < 4.78 is 1.77. The molecule has 2 heterocycles. The summed E-state index contributed by atoms with van der Waals surface area (Å²) in [5.41, 5.74) is 4.01. The number of fused-ring (bicyclic) bond motifs is 1. The minimum Gasteiger partial charge on any atom is -0.508 e. The van der Waals surface area contributed by atoms with E-state index in [1.807, 2.05) is 49.8 Å².